The molecule has 0 saturated heterocycles. The van der Waals surface area contributed by atoms with Crippen LogP contribution < -0.4 is 29.6 Å². The van der Waals surface area contributed by atoms with E-state index >= 15 is 0 Å². The van der Waals surface area contributed by atoms with Gasteiger partial charge in [-0.2, -0.15) is 0 Å². The number of hydrogen-bond donors (Lipinski definition) is 0. The molecule has 9 heteroatoms. The maximum atomic E-state index is 12.4. The van der Waals surface area contributed by atoms with Gasteiger partial charge < -0.3 is 14.0 Å². The molecule has 0 amide bonds. The predicted octanol–water partition coefficient (Wildman–Crippen LogP) is -0.564. The molecule has 0 heterocycles. The van der Waals surface area contributed by atoms with Gasteiger partial charge >= 0.3 is 41.5 Å². The van der Waals surface area contributed by atoms with Crippen LogP contribution in [0.2, 0.25) is 0 Å². The van der Waals surface area contributed by atoms with E-state index in [0.29, 0.717) is 12.8 Å². The van der Waals surface area contributed by atoms with Gasteiger partial charge in [-0.25, -0.2) is 8.42 Å². The van der Waals surface area contributed by atoms with Gasteiger partial charge in [0.2, 0.25) is 0 Å². The van der Waals surface area contributed by atoms with Gasteiger partial charge in [0.25, 0.3) is 0 Å². The van der Waals surface area contributed by atoms with Gasteiger partial charge in [0.1, 0.15) is 22.3 Å². The van der Waals surface area contributed by atoms with Crippen LogP contribution in [0.3, 0.4) is 0 Å². The standard InChI is InChI=1S/C17H28O7S.Na/c1-17(25(20,21)22,16(19)24-14-10-6-3-7-11-14)12-15(18)23-13-8-4-2-5-9-13;/h13-14H,2-12H2,1H3,(H,20,21,22);/q;+1/p-1. The Labute approximate surface area is 177 Å². The van der Waals surface area contributed by atoms with E-state index in [0.717, 1.165) is 58.3 Å². The van der Waals surface area contributed by atoms with Crippen LogP contribution in [-0.2, 0) is 29.2 Å². The van der Waals surface area contributed by atoms with Crippen LogP contribution in [0.5, 0.6) is 0 Å². The van der Waals surface area contributed by atoms with Crippen LogP contribution in [0.25, 0.3) is 0 Å². The van der Waals surface area contributed by atoms with Crippen molar-refractivity contribution in [3.05, 3.63) is 0 Å². The van der Waals surface area contributed by atoms with Crippen molar-refractivity contribution in [3.8, 4) is 0 Å². The molecule has 26 heavy (non-hydrogen) atoms. The molecule has 2 aliphatic rings. The average molecular weight is 398 g/mol. The van der Waals surface area contributed by atoms with Gasteiger partial charge in [0.15, 0.2) is 4.75 Å². The molecular formula is C17H27NaO7S. The number of rotatable bonds is 6. The fraction of sp³-hybridized carbons (Fsp3) is 0.882. The van der Waals surface area contributed by atoms with Crippen LogP contribution in [0.1, 0.15) is 77.6 Å². The van der Waals surface area contributed by atoms with Gasteiger partial charge in [-0.15, -0.1) is 0 Å². The van der Waals surface area contributed by atoms with Crippen LogP contribution in [0.15, 0.2) is 0 Å². The van der Waals surface area contributed by atoms with Crippen LogP contribution >= 0.6 is 0 Å². The molecule has 1 unspecified atom stereocenters. The first-order valence-corrected chi connectivity index (χ1v) is 10.5. The molecule has 1 atom stereocenters. The number of esters is 2. The second kappa shape index (κ2) is 10.4. The number of hydrogen-bond acceptors (Lipinski definition) is 7. The Morgan fingerprint density at radius 2 is 1.35 bits per heavy atom. The van der Waals surface area contributed by atoms with Gasteiger partial charge in [0, 0.05) is 0 Å². The third-order valence-electron chi connectivity index (χ3n) is 5.14. The van der Waals surface area contributed by atoms with Crippen molar-refractivity contribution in [3.63, 3.8) is 0 Å². The minimum absolute atomic E-state index is 0. The molecule has 0 aliphatic heterocycles. The number of ether oxygens (including phenoxy) is 2. The zero-order valence-electron chi connectivity index (χ0n) is 15.7. The summed E-state index contributed by atoms with van der Waals surface area (Å²) in [5.41, 5.74) is 0. The molecular weight excluding hydrogens is 371 g/mol. The van der Waals surface area contributed by atoms with Gasteiger partial charge in [-0.3, -0.25) is 9.59 Å². The molecule has 2 saturated carbocycles. The first-order chi connectivity index (χ1) is 11.7. The van der Waals surface area contributed by atoms with Crippen molar-refractivity contribution in [2.24, 2.45) is 0 Å². The zero-order chi connectivity index (χ0) is 18.5. The number of carbonyl (C=O) groups excluding carboxylic acids is 2. The summed E-state index contributed by atoms with van der Waals surface area (Å²) in [6.07, 6.45) is 7.06. The van der Waals surface area contributed by atoms with Gasteiger partial charge in [-0.05, 0) is 58.3 Å². The topological polar surface area (TPSA) is 110 Å². The van der Waals surface area contributed by atoms with E-state index < -0.39 is 39.3 Å². The molecule has 144 valence electrons. The SMILES string of the molecule is CC(CC(=O)OC1CCCCC1)(C(=O)OC1CCCCC1)S(=O)(=O)[O-].[Na+]. The molecule has 2 aliphatic carbocycles. The van der Waals surface area contributed by atoms with Gasteiger partial charge in [0.05, 0.1) is 6.42 Å². The van der Waals surface area contributed by atoms with Crippen molar-refractivity contribution in [2.45, 2.75) is 94.5 Å². The second-order valence-electron chi connectivity index (χ2n) is 7.28. The first-order valence-electron chi connectivity index (χ1n) is 9.08. The van der Waals surface area contributed by atoms with E-state index in [1.807, 2.05) is 0 Å². The Morgan fingerprint density at radius 3 is 1.77 bits per heavy atom. The van der Waals surface area contributed by atoms with E-state index in [1.54, 1.807) is 0 Å². The smallest absolute Gasteiger partial charge is 0.747 e. The van der Waals surface area contributed by atoms with Crippen LogP contribution in [-0.4, -0.2) is 41.9 Å². The quantitative estimate of drug-likeness (QED) is 0.335. The summed E-state index contributed by atoms with van der Waals surface area (Å²) in [5.74, 6) is -1.98. The maximum Gasteiger partial charge on any atom is 1.00 e. The third kappa shape index (κ3) is 6.48. The van der Waals surface area contributed by atoms with E-state index in [1.165, 1.54) is 0 Å². The minimum atomic E-state index is -5.08. The van der Waals surface area contributed by atoms with Crippen molar-refractivity contribution >= 4 is 22.1 Å². The summed E-state index contributed by atoms with van der Waals surface area (Å²) in [7, 11) is -5.08. The average Bonchev–Trinajstić information content (AvgIpc) is 2.55. The molecule has 0 aromatic heterocycles. The Kier molecular flexibility index (Phi) is 9.56. The largest absolute Gasteiger partial charge is 1.00 e. The fourth-order valence-corrected chi connectivity index (χ4v) is 3.95. The summed E-state index contributed by atoms with van der Waals surface area (Å²) in [4.78, 5) is 24.5. The Balaban J connectivity index is 0.00000338. The molecule has 0 bridgehead atoms. The van der Waals surface area contributed by atoms with E-state index in [4.69, 9.17) is 9.47 Å². The molecule has 7 nitrogen and oxygen atoms in total. The summed E-state index contributed by atoms with van der Waals surface area (Å²) in [6.45, 7) is 0.961. The van der Waals surface area contributed by atoms with Crippen molar-refractivity contribution < 1.29 is 61.6 Å². The predicted molar refractivity (Wildman–Crippen MR) is 88.6 cm³/mol. The molecule has 0 radical (unpaired) electrons. The van der Waals surface area contributed by atoms with Crippen molar-refractivity contribution in [2.75, 3.05) is 0 Å². The summed E-state index contributed by atoms with van der Waals surface area (Å²) in [5, 5.41) is 0. The fourth-order valence-electron chi connectivity index (χ4n) is 3.41. The molecule has 0 aromatic rings. The van der Waals surface area contributed by atoms with E-state index in [9.17, 15) is 22.6 Å². The summed E-state index contributed by atoms with van der Waals surface area (Å²) >= 11 is 0. The van der Waals surface area contributed by atoms with E-state index in [2.05, 4.69) is 0 Å². The maximum absolute atomic E-state index is 12.4. The molecule has 0 spiro atoms. The zero-order valence-corrected chi connectivity index (χ0v) is 18.5. The molecule has 2 rings (SSSR count). The van der Waals surface area contributed by atoms with Gasteiger partial charge in [-0.1, -0.05) is 12.8 Å². The van der Waals surface area contributed by atoms with Crippen molar-refractivity contribution in [1.29, 1.82) is 0 Å². The minimum Gasteiger partial charge on any atom is -0.747 e. The Morgan fingerprint density at radius 1 is 0.923 bits per heavy atom. The summed E-state index contributed by atoms with van der Waals surface area (Å²) < 4.78 is 43.2. The molecule has 2 fully saturated rings. The van der Waals surface area contributed by atoms with Crippen molar-refractivity contribution in [1.82, 2.24) is 0 Å². The number of carbonyl (C=O) groups is 2. The Hall–Kier alpha value is -0.150. The second-order valence-corrected chi connectivity index (χ2v) is 9.09. The van der Waals surface area contributed by atoms with E-state index in [-0.39, 0.29) is 35.7 Å². The monoisotopic (exact) mass is 398 g/mol. The Bertz CT molecular complexity index is 580. The third-order valence-corrected chi connectivity index (χ3v) is 6.56. The van der Waals surface area contributed by atoms with Crippen LogP contribution in [0, 0.1) is 0 Å². The molecule has 0 aromatic carbocycles. The van der Waals surface area contributed by atoms with Crippen LogP contribution in [0.4, 0.5) is 0 Å². The summed E-state index contributed by atoms with van der Waals surface area (Å²) in [6, 6.07) is 0. The normalized spacial score (nSPS) is 21.9. The first kappa shape index (κ1) is 23.9. The molecule has 0 N–H and O–H groups in total.